The molecule has 1 N–H and O–H groups in total. The Bertz CT molecular complexity index is 913. The smallest absolute Gasteiger partial charge is 0.255 e. The molecule has 0 saturated carbocycles. The van der Waals surface area contributed by atoms with Crippen molar-refractivity contribution in [3.8, 4) is 11.5 Å². The zero-order chi connectivity index (χ0) is 22.2. The lowest BCUT2D eigenvalue weighted by Crippen LogP contribution is -2.50. The molecule has 0 aromatic heterocycles. The quantitative estimate of drug-likeness (QED) is 0.673. The van der Waals surface area contributed by atoms with Gasteiger partial charge in [0.2, 0.25) is 5.91 Å². The van der Waals surface area contributed by atoms with E-state index in [-0.39, 0.29) is 18.4 Å². The average Bonchev–Trinajstić information content (AvgIpc) is 2.76. The number of halogens is 1. The molecule has 2 aromatic carbocycles. The van der Waals surface area contributed by atoms with Crippen LogP contribution in [0.5, 0.6) is 11.5 Å². The fourth-order valence-electron chi connectivity index (χ4n) is 3.45. The van der Waals surface area contributed by atoms with Gasteiger partial charge in [-0.3, -0.25) is 14.5 Å². The molecule has 1 saturated heterocycles. The third-order valence-electron chi connectivity index (χ3n) is 4.97. The highest BCUT2D eigenvalue weighted by Crippen LogP contribution is 2.29. The molecule has 31 heavy (non-hydrogen) atoms. The summed E-state index contributed by atoms with van der Waals surface area (Å²) < 4.78 is 11.1. The predicted molar refractivity (Wildman–Crippen MR) is 121 cm³/mol. The number of carbonyl (C=O) groups is 2. The van der Waals surface area contributed by atoms with Gasteiger partial charge in [0.1, 0.15) is 11.5 Å². The van der Waals surface area contributed by atoms with Crippen molar-refractivity contribution in [3.05, 3.63) is 53.1 Å². The van der Waals surface area contributed by atoms with Gasteiger partial charge in [-0.2, -0.15) is 0 Å². The first-order chi connectivity index (χ1) is 15.0. The van der Waals surface area contributed by atoms with Gasteiger partial charge in [-0.25, -0.2) is 0 Å². The molecule has 2 amide bonds. The molecule has 0 bridgehead atoms. The van der Waals surface area contributed by atoms with Gasteiger partial charge < -0.3 is 19.7 Å². The number of anilines is 1. The number of benzene rings is 2. The molecule has 1 aliphatic heterocycles. The summed E-state index contributed by atoms with van der Waals surface area (Å²) in [6, 6.07) is 12.4. The van der Waals surface area contributed by atoms with Crippen LogP contribution in [-0.2, 0) is 4.79 Å². The maximum atomic E-state index is 12.7. The second kappa shape index (κ2) is 11.0. The molecular weight excluding hydrogens is 418 g/mol. The van der Waals surface area contributed by atoms with Crippen LogP contribution in [0.1, 0.15) is 24.2 Å². The van der Waals surface area contributed by atoms with E-state index >= 15 is 0 Å². The van der Waals surface area contributed by atoms with Gasteiger partial charge >= 0.3 is 0 Å². The van der Waals surface area contributed by atoms with Crippen molar-refractivity contribution in [3.63, 3.8) is 0 Å². The zero-order valence-corrected chi connectivity index (χ0v) is 18.7. The monoisotopic (exact) mass is 445 g/mol. The number of rotatable bonds is 8. The summed E-state index contributed by atoms with van der Waals surface area (Å²) in [4.78, 5) is 29.1. The second-order valence-corrected chi connectivity index (χ2v) is 7.53. The van der Waals surface area contributed by atoms with Gasteiger partial charge in [0.05, 0.1) is 36.0 Å². The lowest BCUT2D eigenvalue weighted by Gasteiger charge is -2.34. The number of ether oxygens (including phenoxy) is 2. The summed E-state index contributed by atoms with van der Waals surface area (Å²) in [6.45, 7) is 7.39. The number of carbonyl (C=O) groups excluding carboxylic acids is 2. The second-order valence-electron chi connectivity index (χ2n) is 7.12. The van der Waals surface area contributed by atoms with E-state index in [9.17, 15) is 9.59 Å². The molecule has 1 fully saturated rings. The summed E-state index contributed by atoms with van der Waals surface area (Å²) >= 11 is 6.15. The normalized spacial score (nSPS) is 14.2. The average molecular weight is 446 g/mol. The fraction of sp³-hybridized carbons (Fsp3) is 0.391. The van der Waals surface area contributed by atoms with Gasteiger partial charge in [-0.15, -0.1) is 0 Å². The van der Waals surface area contributed by atoms with Crippen LogP contribution in [0, 0.1) is 0 Å². The standard InChI is InChI=1S/C23H28ClN3O4/c1-3-30-17-9-10-21(31-4-2)20(15-17)25-22(28)16-26-11-13-27(14-12-26)23(29)18-7-5-6-8-19(18)24/h5-10,15H,3-4,11-14,16H2,1-2H3,(H,25,28). The Morgan fingerprint density at radius 2 is 1.71 bits per heavy atom. The number of amides is 2. The molecule has 1 aliphatic rings. The minimum Gasteiger partial charge on any atom is -0.494 e. The van der Waals surface area contributed by atoms with E-state index in [0.717, 1.165) is 0 Å². The van der Waals surface area contributed by atoms with Crippen molar-refractivity contribution >= 4 is 29.1 Å². The molecule has 1 heterocycles. The van der Waals surface area contributed by atoms with Crippen molar-refractivity contribution < 1.29 is 19.1 Å². The van der Waals surface area contributed by atoms with Crippen LogP contribution in [0.4, 0.5) is 5.69 Å². The molecule has 7 nitrogen and oxygen atoms in total. The van der Waals surface area contributed by atoms with Crippen LogP contribution in [0.15, 0.2) is 42.5 Å². The van der Waals surface area contributed by atoms with Crippen molar-refractivity contribution in [2.75, 3.05) is 51.3 Å². The van der Waals surface area contributed by atoms with E-state index < -0.39 is 0 Å². The highest BCUT2D eigenvalue weighted by atomic mass is 35.5. The third-order valence-corrected chi connectivity index (χ3v) is 5.30. The number of nitrogens with one attached hydrogen (secondary N) is 1. The first-order valence-electron chi connectivity index (χ1n) is 10.5. The van der Waals surface area contributed by atoms with Gasteiger partial charge in [0.25, 0.3) is 5.91 Å². The molecule has 3 rings (SSSR count). The SMILES string of the molecule is CCOc1ccc(OCC)c(NC(=O)CN2CCN(C(=O)c3ccccc3Cl)CC2)c1. The Hall–Kier alpha value is -2.77. The van der Waals surface area contributed by atoms with Gasteiger partial charge in [-0.05, 0) is 38.1 Å². The molecule has 0 aliphatic carbocycles. The number of hydrogen-bond acceptors (Lipinski definition) is 5. The molecule has 8 heteroatoms. The molecule has 0 atom stereocenters. The van der Waals surface area contributed by atoms with E-state index in [0.29, 0.717) is 67.2 Å². The van der Waals surface area contributed by atoms with Crippen LogP contribution in [0.25, 0.3) is 0 Å². The number of piperazine rings is 1. The Balaban J connectivity index is 1.55. The minimum absolute atomic E-state index is 0.0798. The molecular formula is C23H28ClN3O4. The van der Waals surface area contributed by atoms with Gasteiger partial charge in [-0.1, -0.05) is 23.7 Å². The topological polar surface area (TPSA) is 71.1 Å². The van der Waals surface area contributed by atoms with E-state index in [1.54, 1.807) is 41.3 Å². The summed E-state index contributed by atoms with van der Waals surface area (Å²) in [5.41, 5.74) is 1.10. The van der Waals surface area contributed by atoms with Crippen molar-refractivity contribution in [2.45, 2.75) is 13.8 Å². The van der Waals surface area contributed by atoms with Crippen LogP contribution >= 0.6 is 11.6 Å². The van der Waals surface area contributed by atoms with Crippen LogP contribution in [-0.4, -0.2) is 67.6 Å². The third kappa shape index (κ3) is 6.12. The molecule has 0 unspecified atom stereocenters. The molecule has 0 radical (unpaired) electrons. The molecule has 166 valence electrons. The lowest BCUT2D eigenvalue weighted by molar-refractivity contribution is -0.117. The largest absolute Gasteiger partial charge is 0.494 e. The maximum Gasteiger partial charge on any atom is 0.255 e. The molecule has 0 spiro atoms. The van der Waals surface area contributed by atoms with Crippen molar-refractivity contribution in [1.29, 1.82) is 0 Å². The Morgan fingerprint density at radius 1 is 1.00 bits per heavy atom. The number of nitrogens with zero attached hydrogens (tertiary/aromatic N) is 2. The van der Waals surface area contributed by atoms with E-state index in [2.05, 4.69) is 5.32 Å². The van der Waals surface area contributed by atoms with E-state index in [4.69, 9.17) is 21.1 Å². The van der Waals surface area contributed by atoms with Crippen molar-refractivity contribution in [2.24, 2.45) is 0 Å². The Morgan fingerprint density at radius 3 is 2.39 bits per heavy atom. The highest BCUT2D eigenvalue weighted by Gasteiger charge is 2.24. The summed E-state index contributed by atoms with van der Waals surface area (Å²) in [6.07, 6.45) is 0. The highest BCUT2D eigenvalue weighted by molar-refractivity contribution is 6.33. The van der Waals surface area contributed by atoms with Gasteiger partial charge in [0.15, 0.2) is 0 Å². The van der Waals surface area contributed by atoms with Gasteiger partial charge in [0, 0.05) is 32.2 Å². The zero-order valence-electron chi connectivity index (χ0n) is 17.9. The Kier molecular flexibility index (Phi) is 8.14. The number of hydrogen-bond donors (Lipinski definition) is 1. The summed E-state index contributed by atoms with van der Waals surface area (Å²) in [7, 11) is 0. The van der Waals surface area contributed by atoms with Crippen LogP contribution < -0.4 is 14.8 Å². The van der Waals surface area contributed by atoms with E-state index in [1.807, 2.05) is 24.8 Å². The molecule has 2 aromatic rings. The first kappa shape index (κ1) is 22.9. The van der Waals surface area contributed by atoms with Crippen LogP contribution in [0.3, 0.4) is 0 Å². The Labute approximate surface area is 187 Å². The summed E-state index contributed by atoms with van der Waals surface area (Å²) in [5, 5.41) is 3.38. The minimum atomic E-state index is -0.138. The van der Waals surface area contributed by atoms with Crippen LogP contribution in [0.2, 0.25) is 5.02 Å². The first-order valence-corrected chi connectivity index (χ1v) is 10.8. The van der Waals surface area contributed by atoms with Crippen molar-refractivity contribution in [1.82, 2.24) is 9.80 Å². The fourth-order valence-corrected chi connectivity index (χ4v) is 3.67. The predicted octanol–water partition coefficient (Wildman–Crippen LogP) is 3.53. The summed E-state index contributed by atoms with van der Waals surface area (Å²) in [5.74, 6) is 1.06. The maximum absolute atomic E-state index is 12.7. The lowest BCUT2D eigenvalue weighted by atomic mass is 10.2. The van der Waals surface area contributed by atoms with E-state index in [1.165, 1.54) is 0 Å².